The molecule has 1 unspecified atom stereocenters. The highest BCUT2D eigenvalue weighted by Crippen LogP contribution is 2.29. The summed E-state index contributed by atoms with van der Waals surface area (Å²) in [6, 6.07) is 16.6. The Kier molecular flexibility index (Phi) is 5.34. The van der Waals surface area contributed by atoms with E-state index in [9.17, 15) is 13.2 Å². The number of aromatic nitrogens is 2. The average molecular weight is 426 g/mol. The molecule has 8 heteroatoms. The SMILES string of the molecule is COc1cccc(-c2nn(-c3ccccc3)cc2C(=O)N(C)C2CCS(=O)(=O)C2)c1. The first-order valence-corrected chi connectivity index (χ1v) is 11.5. The van der Waals surface area contributed by atoms with Gasteiger partial charge in [-0.05, 0) is 30.7 Å². The summed E-state index contributed by atoms with van der Waals surface area (Å²) in [5.41, 5.74) is 2.51. The lowest BCUT2D eigenvalue weighted by molar-refractivity contribution is 0.0748. The van der Waals surface area contributed by atoms with Crippen LogP contribution in [0.5, 0.6) is 5.75 Å². The minimum Gasteiger partial charge on any atom is -0.497 e. The summed E-state index contributed by atoms with van der Waals surface area (Å²) >= 11 is 0. The predicted molar refractivity (Wildman–Crippen MR) is 115 cm³/mol. The van der Waals surface area contributed by atoms with Gasteiger partial charge in [0.15, 0.2) is 9.84 Å². The van der Waals surface area contributed by atoms with Crippen molar-refractivity contribution in [3.8, 4) is 22.7 Å². The normalized spacial score (nSPS) is 17.6. The number of rotatable bonds is 5. The van der Waals surface area contributed by atoms with Crippen molar-refractivity contribution in [2.75, 3.05) is 25.7 Å². The number of para-hydroxylation sites is 1. The first kappa shape index (κ1) is 20.2. The lowest BCUT2D eigenvalue weighted by Gasteiger charge is -2.23. The standard InChI is InChI=1S/C22H23N3O4S/c1-24(18-11-12-30(27,28)15-18)22(26)20-14-25(17-8-4-3-5-9-17)23-21(20)16-7-6-10-19(13-16)29-2/h3-10,13-14,18H,11-12,15H2,1-2H3. The number of ether oxygens (including phenoxy) is 1. The number of carbonyl (C=O) groups is 1. The summed E-state index contributed by atoms with van der Waals surface area (Å²) in [6.07, 6.45) is 2.15. The van der Waals surface area contributed by atoms with Crippen molar-refractivity contribution < 1.29 is 17.9 Å². The van der Waals surface area contributed by atoms with Gasteiger partial charge in [-0.25, -0.2) is 13.1 Å². The third-order valence-electron chi connectivity index (χ3n) is 5.39. The maximum absolute atomic E-state index is 13.4. The highest BCUT2D eigenvalue weighted by atomic mass is 32.2. The molecule has 0 saturated carbocycles. The van der Waals surface area contributed by atoms with E-state index >= 15 is 0 Å². The van der Waals surface area contributed by atoms with E-state index in [1.165, 1.54) is 4.90 Å². The number of amides is 1. The van der Waals surface area contributed by atoms with Gasteiger partial charge in [-0.15, -0.1) is 0 Å². The van der Waals surface area contributed by atoms with Crippen LogP contribution in [0.25, 0.3) is 16.9 Å². The summed E-state index contributed by atoms with van der Waals surface area (Å²) < 4.78 is 30.8. The fourth-order valence-electron chi connectivity index (χ4n) is 3.66. The van der Waals surface area contributed by atoms with Crippen LogP contribution in [0.1, 0.15) is 16.8 Å². The van der Waals surface area contributed by atoms with Crippen molar-refractivity contribution in [1.82, 2.24) is 14.7 Å². The molecule has 1 fully saturated rings. The van der Waals surface area contributed by atoms with Crippen LogP contribution >= 0.6 is 0 Å². The lowest BCUT2D eigenvalue weighted by atomic mass is 10.1. The van der Waals surface area contributed by atoms with Crippen molar-refractivity contribution in [1.29, 1.82) is 0 Å². The molecule has 1 amide bonds. The average Bonchev–Trinajstić information content (AvgIpc) is 3.37. The van der Waals surface area contributed by atoms with E-state index in [0.29, 0.717) is 23.4 Å². The molecule has 1 aliphatic rings. The van der Waals surface area contributed by atoms with Gasteiger partial charge in [-0.3, -0.25) is 4.79 Å². The molecule has 30 heavy (non-hydrogen) atoms. The lowest BCUT2D eigenvalue weighted by Crippen LogP contribution is -2.37. The topological polar surface area (TPSA) is 81.5 Å². The van der Waals surface area contributed by atoms with Crippen LogP contribution in [-0.2, 0) is 9.84 Å². The molecule has 0 bridgehead atoms. The van der Waals surface area contributed by atoms with Gasteiger partial charge in [0.2, 0.25) is 0 Å². The van der Waals surface area contributed by atoms with Gasteiger partial charge in [-0.1, -0.05) is 30.3 Å². The van der Waals surface area contributed by atoms with Crippen molar-refractivity contribution in [3.05, 3.63) is 66.4 Å². The Hall–Kier alpha value is -3.13. The number of hydrogen-bond acceptors (Lipinski definition) is 5. The molecular formula is C22H23N3O4S. The van der Waals surface area contributed by atoms with Gasteiger partial charge in [0.1, 0.15) is 11.4 Å². The van der Waals surface area contributed by atoms with E-state index in [4.69, 9.17) is 4.74 Å². The second-order valence-electron chi connectivity index (χ2n) is 7.38. The van der Waals surface area contributed by atoms with Crippen LogP contribution in [0.3, 0.4) is 0 Å². The van der Waals surface area contributed by atoms with Crippen LogP contribution in [0.15, 0.2) is 60.8 Å². The largest absolute Gasteiger partial charge is 0.497 e. The number of hydrogen-bond donors (Lipinski definition) is 0. The Morgan fingerprint density at radius 1 is 1.17 bits per heavy atom. The van der Waals surface area contributed by atoms with Gasteiger partial charge in [-0.2, -0.15) is 5.10 Å². The molecule has 156 valence electrons. The maximum atomic E-state index is 13.4. The number of nitrogens with zero attached hydrogens (tertiary/aromatic N) is 3. The number of sulfone groups is 1. The first-order chi connectivity index (χ1) is 14.4. The quantitative estimate of drug-likeness (QED) is 0.628. The van der Waals surface area contributed by atoms with Crippen molar-refractivity contribution >= 4 is 15.7 Å². The van der Waals surface area contributed by atoms with Gasteiger partial charge < -0.3 is 9.64 Å². The van der Waals surface area contributed by atoms with E-state index in [2.05, 4.69) is 5.10 Å². The molecule has 1 atom stereocenters. The number of methoxy groups -OCH3 is 1. The Labute approximate surface area is 175 Å². The molecule has 2 aromatic carbocycles. The minimum atomic E-state index is -3.10. The molecule has 1 aromatic heterocycles. The van der Waals surface area contributed by atoms with E-state index in [1.807, 2.05) is 54.6 Å². The van der Waals surface area contributed by atoms with E-state index in [1.54, 1.807) is 25.0 Å². The first-order valence-electron chi connectivity index (χ1n) is 9.65. The molecule has 2 heterocycles. The Balaban J connectivity index is 1.77. The molecule has 0 spiro atoms. The van der Waals surface area contributed by atoms with Gasteiger partial charge in [0.05, 0.1) is 29.9 Å². The summed E-state index contributed by atoms with van der Waals surface area (Å²) in [7, 11) is 0.145. The van der Waals surface area contributed by atoms with Gasteiger partial charge >= 0.3 is 0 Å². The number of benzene rings is 2. The van der Waals surface area contributed by atoms with E-state index in [-0.39, 0.29) is 23.5 Å². The zero-order valence-corrected chi connectivity index (χ0v) is 17.7. The van der Waals surface area contributed by atoms with Crippen LogP contribution in [0.2, 0.25) is 0 Å². The fraction of sp³-hybridized carbons (Fsp3) is 0.273. The highest BCUT2D eigenvalue weighted by molar-refractivity contribution is 7.91. The van der Waals surface area contributed by atoms with Crippen molar-refractivity contribution in [2.45, 2.75) is 12.5 Å². The molecule has 1 aliphatic heterocycles. The Morgan fingerprint density at radius 2 is 1.93 bits per heavy atom. The number of carbonyl (C=O) groups excluding carboxylic acids is 1. The zero-order valence-electron chi connectivity index (χ0n) is 16.9. The molecule has 3 aromatic rings. The monoisotopic (exact) mass is 425 g/mol. The molecular weight excluding hydrogens is 402 g/mol. The molecule has 4 rings (SSSR count). The van der Waals surface area contributed by atoms with Crippen LogP contribution in [-0.4, -0.2) is 60.7 Å². The van der Waals surface area contributed by atoms with E-state index in [0.717, 1.165) is 11.3 Å². The second-order valence-corrected chi connectivity index (χ2v) is 9.61. The van der Waals surface area contributed by atoms with Crippen LogP contribution in [0.4, 0.5) is 0 Å². The third-order valence-corrected chi connectivity index (χ3v) is 7.14. The highest BCUT2D eigenvalue weighted by Gasteiger charge is 2.34. The summed E-state index contributed by atoms with van der Waals surface area (Å²) in [4.78, 5) is 14.9. The smallest absolute Gasteiger partial charge is 0.257 e. The zero-order chi connectivity index (χ0) is 21.3. The summed E-state index contributed by atoms with van der Waals surface area (Å²) in [5.74, 6) is 0.519. The van der Waals surface area contributed by atoms with Crippen molar-refractivity contribution in [2.24, 2.45) is 0 Å². The molecule has 1 saturated heterocycles. The molecule has 7 nitrogen and oxygen atoms in total. The predicted octanol–water partition coefficient (Wildman–Crippen LogP) is 2.81. The molecule has 0 aliphatic carbocycles. The van der Waals surface area contributed by atoms with E-state index < -0.39 is 9.84 Å². The molecule has 0 radical (unpaired) electrons. The van der Waals surface area contributed by atoms with Gasteiger partial charge in [0.25, 0.3) is 5.91 Å². The van der Waals surface area contributed by atoms with Gasteiger partial charge in [0, 0.05) is 24.8 Å². The Bertz CT molecular complexity index is 1170. The Morgan fingerprint density at radius 3 is 2.60 bits per heavy atom. The third kappa shape index (κ3) is 3.95. The molecule has 0 N–H and O–H groups in total. The maximum Gasteiger partial charge on any atom is 0.257 e. The summed E-state index contributed by atoms with van der Waals surface area (Å²) in [5, 5.41) is 4.68. The summed E-state index contributed by atoms with van der Waals surface area (Å²) in [6.45, 7) is 0. The van der Waals surface area contributed by atoms with Crippen LogP contribution < -0.4 is 4.74 Å². The second kappa shape index (κ2) is 7.95. The van der Waals surface area contributed by atoms with Crippen LogP contribution in [0, 0.1) is 0 Å². The van der Waals surface area contributed by atoms with Crippen molar-refractivity contribution in [3.63, 3.8) is 0 Å². The minimum absolute atomic E-state index is 0.00342. The fourth-order valence-corrected chi connectivity index (χ4v) is 5.44.